The lowest BCUT2D eigenvalue weighted by atomic mass is 9.88. The third-order valence-corrected chi connectivity index (χ3v) is 3.14. The highest BCUT2D eigenvalue weighted by Gasteiger charge is 2.36. The summed E-state index contributed by atoms with van der Waals surface area (Å²) in [5.74, 6) is -0.115. The van der Waals surface area contributed by atoms with Crippen LogP contribution in [-0.2, 0) is 5.72 Å². The molecule has 4 nitrogen and oxygen atoms in total. The molecule has 0 aromatic heterocycles. The normalized spacial score (nSPS) is 18.2. The van der Waals surface area contributed by atoms with Crippen molar-refractivity contribution < 1.29 is 15.0 Å². The van der Waals surface area contributed by atoms with E-state index in [1.165, 1.54) is 0 Å². The van der Waals surface area contributed by atoms with E-state index in [4.69, 9.17) is 5.73 Å². The second kappa shape index (κ2) is 5.40. The molecule has 1 aromatic rings. The molecule has 1 rings (SSSR count). The van der Waals surface area contributed by atoms with Crippen molar-refractivity contribution in [2.45, 2.75) is 32.1 Å². The molecule has 0 aliphatic heterocycles. The molecule has 0 radical (unpaired) electrons. The Bertz CT molecular complexity index is 373. The van der Waals surface area contributed by atoms with Crippen LogP contribution in [0.3, 0.4) is 0 Å². The van der Waals surface area contributed by atoms with E-state index in [0.717, 1.165) is 0 Å². The lowest BCUT2D eigenvalue weighted by molar-refractivity contribution is -0.100. The van der Waals surface area contributed by atoms with Crippen molar-refractivity contribution in [2.24, 2.45) is 11.7 Å². The van der Waals surface area contributed by atoms with E-state index < -0.39 is 11.8 Å². The predicted molar refractivity (Wildman–Crippen MR) is 65.4 cm³/mol. The van der Waals surface area contributed by atoms with Crippen molar-refractivity contribution in [3.63, 3.8) is 0 Å². The first kappa shape index (κ1) is 13.8. The number of aldehydes is 1. The number of carbonyl (C=O) groups excluding carboxylic acids is 1. The molecular weight excluding hydrogens is 218 g/mol. The molecular formula is C13H19NO3. The van der Waals surface area contributed by atoms with Gasteiger partial charge >= 0.3 is 0 Å². The minimum absolute atomic E-state index is 0.115. The van der Waals surface area contributed by atoms with Crippen LogP contribution < -0.4 is 5.73 Å². The van der Waals surface area contributed by atoms with Crippen molar-refractivity contribution in [1.82, 2.24) is 0 Å². The molecule has 0 heterocycles. The highest BCUT2D eigenvalue weighted by molar-refractivity contribution is 5.74. The van der Waals surface area contributed by atoms with Gasteiger partial charge in [-0.25, -0.2) is 0 Å². The number of rotatable bonds is 5. The molecule has 0 fully saturated rings. The van der Waals surface area contributed by atoms with Gasteiger partial charge in [-0.1, -0.05) is 44.5 Å². The van der Waals surface area contributed by atoms with Gasteiger partial charge in [-0.3, -0.25) is 10.5 Å². The molecule has 3 atom stereocenters. The van der Waals surface area contributed by atoms with Gasteiger partial charge in [0.1, 0.15) is 12.4 Å². The van der Waals surface area contributed by atoms with Crippen LogP contribution in [0.5, 0.6) is 0 Å². The number of hydrogen-bond acceptors (Lipinski definition) is 4. The third-order valence-electron chi connectivity index (χ3n) is 3.14. The van der Waals surface area contributed by atoms with Gasteiger partial charge in [0, 0.05) is 11.1 Å². The molecule has 0 aliphatic carbocycles. The Kier molecular flexibility index (Phi) is 4.40. The second-order valence-electron chi connectivity index (χ2n) is 4.40. The van der Waals surface area contributed by atoms with E-state index in [9.17, 15) is 15.0 Å². The molecule has 4 heteroatoms. The largest absolute Gasteiger partial charge is 0.388 e. The Hall–Kier alpha value is -1.23. The Morgan fingerprint density at radius 1 is 1.41 bits per heavy atom. The van der Waals surface area contributed by atoms with Gasteiger partial charge in [0.05, 0.1) is 0 Å². The summed E-state index contributed by atoms with van der Waals surface area (Å²) in [5.41, 5.74) is 4.87. The molecule has 4 N–H and O–H groups in total. The number of benzene rings is 1. The summed E-state index contributed by atoms with van der Waals surface area (Å²) in [6.07, 6.45) is 0.381. The minimum Gasteiger partial charge on any atom is -0.388 e. The van der Waals surface area contributed by atoms with Gasteiger partial charge in [-0.15, -0.1) is 0 Å². The molecule has 0 aliphatic rings. The van der Waals surface area contributed by atoms with E-state index in [0.29, 0.717) is 23.8 Å². The maximum absolute atomic E-state index is 10.5. The van der Waals surface area contributed by atoms with E-state index in [2.05, 4.69) is 0 Å². The Morgan fingerprint density at radius 2 is 1.94 bits per heavy atom. The van der Waals surface area contributed by atoms with Crippen LogP contribution in [0.25, 0.3) is 0 Å². The maximum Gasteiger partial charge on any atom is 0.166 e. The predicted octanol–water partition coefficient (Wildman–Crippen LogP) is 1.01. The summed E-state index contributed by atoms with van der Waals surface area (Å²) in [6, 6.07) is 6.22. The van der Waals surface area contributed by atoms with Gasteiger partial charge in [-0.2, -0.15) is 0 Å². The van der Waals surface area contributed by atoms with Gasteiger partial charge in [-0.05, 0) is 5.92 Å². The van der Waals surface area contributed by atoms with Gasteiger partial charge in [0.2, 0.25) is 0 Å². The summed E-state index contributed by atoms with van der Waals surface area (Å²) < 4.78 is 0. The van der Waals surface area contributed by atoms with Crippen molar-refractivity contribution in [2.75, 3.05) is 0 Å². The molecule has 0 amide bonds. The van der Waals surface area contributed by atoms with Crippen molar-refractivity contribution in [1.29, 1.82) is 0 Å². The summed E-state index contributed by atoms with van der Waals surface area (Å²) >= 11 is 0. The molecule has 1 unspecified atom stereocenters. The highest BCUT2D eigenvalue weighted by atomic mass is 16.4. The van der Waals surface area contributed by atoms with E-state index in [-0.39, 0.29) is 5.92 Å². The van der Waals surface area contributed by atoms with Crippen LogP contribution in [0.15, 0.2) is 24.3 Å². The summed E-state index contributed by atoms with van der Waals surface area (Å²) in [4.78, 5) is 10.5. The monoisotopic (exact) mass is 237 g/mol. The standard InChI is InChI=1S/C13H19NO3/c1-3-9(2)12(16)13(14,17)11-6-4-10(8-15)5-7-11/h4-9,12,16-17H,3,14H2,1-2H3/t9?,12-,13-/m0/s1. The molecule has 0 saturated carbocycles. The number of aliphatic hydroxyl groups excluding tert-OH is 1. The fourth-order valence-corrected chi connectivity index (χ4v) is 1.66. The topological polar surface area (TPSA) is 83.6 Å². The highest BCUT2D eigenvalue weighted by Crippen LogP contribution is 2.25. The molecule has 1 aromatic carbocycles. The SMILES string of the molecule is CCC(C)[C@H](O)[C@@](N)(O)c1ccc(C=O)cc1. The van der Waals surface area contributed by atoms with Crippen molar-refractivity contribution in [3.05, 3.63) is 35.4 Å². The zero-order valence-electron chi connectivity index (χ0n) is 10.1. The average molecular weight is 237 g/mol. The average Bonchev–Trinajstić information content (AvgIpc) is 2.36. The smallest absolute Gasteiger partial charge is 0.166 e. The van der Waals surface area contributed by atoms with Crippen LogP contribution in [0.1, 0.15) is 36.2 Å². The molecule has 0 bridgehead atoms. The lowest BCUT2D eigenvalue weighted by Gasteiger charge is -2.32. The summed E-state index contributed by atoms with van der Waals surface area (Å²) in [5, 5.41) is 20.1. The van der Waals surface area contributed by atoms with Gasteiger partial charge in [0.15, 0.2) is 5.72 Å². The summed E-state index contributed by atoms with van der Waals surface area (Å²) in [6.45, 7) is 3.74. The van der Waals surface area contributed by atoms with Crippen LogP contribution in [-0.4, -0.2) is 22.6 Å². The molecule has 0 saturated heterocycles. The van der Waals surface area contributed by atoms with E-state index in [1.54, 1.807) is 24.3 Å². The Balaban J connectivity index is 2.98. The Morgan fingerprint density at radius 3 is 2.35 bits per heavy atom. The third kappa shape index (κ3) is 2.91. The van der Waals surface area contributed by atoms with Gasteiger partial charge < -0.3 is 10.2 Å². The number of nitrogens with two attached hydrogens (primary N) is 1. The zero-order valence-corrected chi connectivity index (χ0v) is 10.1. The number of hydrogen-bond donors (Lipinski definition) is 3. The number of aliphatic hydroxyl groups is 2. The lowest BCUT2D eigenvalue weighted by Crippen LogP contribution is -2.50. The first-order valence-corrected chi connectivity index (χ1v) is 5.68. The molecule has 17 heavy (non-hydrogen) atoms. The quantitative estimate of drug-likeness (QED) is 0.527. The summed E-state index contributed by atoms with van der Waals surface area (Å²) in [7, 11) is 0. The van der Waals surface area contributed by atoms with Crippen LogP contribution in [0.4, 0.5) is 0 Å². The van der Waals surface area contributed by atoms with Crippen molar-refractivity contribution in [3.8, 4) is 0 Å². The molecule has 94 valence electrons. The fourth-order valence-electron chi connectivity index (χ4n) is 1.66. The number of carbonyl (C=O) groups is 1. The first-order chi connectivity index (χ1) is 7.93. The zero-order chi connectivity index (χ0) is 13.1. The fraction of sp³-hybridized carbons (Fsp3) is 0.462. The molecule has 0 spiro atoms. The van der Waals surface area contributed by atoms with E-state index >= 15 is 0 Å². The van der Waals surface area contributed by atoms with Crippen LogP contribution in [0, 0.1) is 5.92 Å². The Labute approximate surface area is 101 Å². The van der Waals surface area contributed by atoms with Crippen LogP contribution in [0.2, 0.25) is 0 Å². The van der Waals surface area contributed by atoms with Crippen molar-refractivity contribution >= 4 is 6.29 Å². The first-order valence-electron chi connectivity index (χ1n) is 5.68. The minimum atomic E-state index is -1.79. The van der Waals surface area contributed by atoms with Gasteiger partial charge in [0.25, 0.3) is 0 Å². The van der Waals surface area contributed by atoms with E-state index in [1.807, 2.05) is 13.8 Å². The maximum atomic E-state index is 10.5. The van der Waals surface area contributed by atoms with Crippen LogP contribution >= 0.6 is 0 Å². The second-order valence-corrected chi connectivity index (χ2v) is 4.40.